The predicted molar refractivity (Wildman–Crippen MR) is 74.8 cm³/mol. The van der Waals surface area contributed by atoms with E-state index in [1.54, 1.807) is 6.20 Å². The van der Waals surface area contributed by atoms with Crippen molar-refractivity contribution in [2.24, 2.45) is 0 Å². The summed E-state index contributed by atoms with van der Waals surface area (Å²) >= 11 is 0. The number of nitrogens with zero attached hydrogens (tertiary/aromatic N) is 3. The van der Waals surface area contributed by atoms with Gasteiger partial charge in [0.1, 0.15) is 5.69 Å². The van der Waals surface area contributed by atoms with Gasteiger partial charge in [0.05, 0.1) is 18.4 Å². The van der Waals surface area contributed by atoms with Crippen molar-refractivity contribution in [3.63, 3.8) is 0 Å². The second-order valence-corrected chi connectivity index (χ2v) is 4.49. The molecule has 0 aliphatic rings. The molecule has 5 heteroatoms. The Balaban J connectivity index is 2.15. The van der Waals surface area contributed by atoms with E-state index in [0.717, 1.165) is 49.0 Å². The molecule has 0 aliphatic carbocycles. The summed E-state index contributed by atoms with van der Waals surface area (Å²) < 4.78 is 7.74. The maximum atomic E-state index is 5.78. The van der Waals surface area contributed by atoms with E-state index in [4.69, 9.17) is 4.42 Å². The highest BCUT2D eigenvalue weighted by Crippen LogP contribution is 2.22. The first-order valence-corrected chi connectivity index (χ1v) is 7.01. The summed E-state index contributed by atoms with van der Waals surface area (Å²) in [5, 5.41) is 7.80. The molecule has 0 aliphatic heterocycles. The van der Waals surface area contributed by atoms with Gasteiger partial charge in [-0.15, -0.1) is 0 Å². The lowest BCUT2D eigenvalue weighted by Gasteiger charge is -2.00. The van der Waals surface area contributed by atoms with Crippen LogP contribution in [0.3, 0.4) is 0 Å². The first-order valence-electron chi connectivity index (χ1n) is 7.01. The number of rotatable bonds is 7. The normalized spacial score (nSPS) is 11.1. The number of hydrogen-bond donors (Lipinski definition) is 1. The zero-order chi connectivity index (χ0) is 13.7. The van der Waals surface area contributed by atoms with Crippen molar-refractivity contribution in [3.8, 4) is 11.5 Å². The number of aryl methyl sites for hydroxylation is 2. The SMILES string of the molecule is CCCNCc1ncc(-c2cc(CC)nn2CC)o1. The molecule has 0 amide bonds. The van der Waals surface area contributed by atoms with Crippen molar-refractivity contribution in [2.45, 2.75) is 46.7 Å². The predicted octanol–water partition coefficient (Wildman–Crippen LogP) is 2.62. The minimum Gasteiger partial charge on any atom is -0.438 e. The molecule has 104 valence electrons. The fourth-order valence-corrected chi connectivity index (χ4v) is 1.96. The third kappa shape index (κ3) is 3.23. The Bertz CT molecular complexity index is 515. The number of hydrogen-bond acceptors (Lipinski definition) is 4. The lowest BCUT2D eigenvalue weighted by molar-refractivity contribution is 0.473. The highest BCUT2D eigenvalue weighted by Gasteiger charge is 2.12. The molecule has 19 heavy (non-hydrogen) atoms. The van der Waals surface area contributed by atoms with Crippen molar-refractivity contribution in [1.29, 1.82) is 0 Å². The number of nitrogens with one attached hydrogen (secondary N) is 1. The third-order valence-electron chi connectivity index (χ3n) is 3.00. The summed E-state index contributed by atoms with van der Waals surface area (Å²) in [5.74, 6) is 1.52. The van der Waals surface area contributed by atoms with E-state index in [-0.39, 0.29) is 0 Å². The molecule has 0 aromatic carbocycles. The van der Waals surface area contributed by atoms with Crippen LogP contribution < -0.4 is 5.32 Å². The fraction of sp³-hybridized carbons (Fsp3) is 0.571. The summed E-state index contributed by atoms with van der Waals surface area (Å²) in [5.41, 5.74) is 2.09. The molecule has 2 heterocycles. The topological polar surface area (TPSA) is 55.9 Å². The monoisotopic (exact) mass is 262 g/mol. The second kappa shape index (κ2) is 6.52. The minimum absolute atomic E-state index is 0.675. The minimum atomic E-state index is 0.675. The first-order chi connectivity index (χ1) is 9.28. The van der Waals surface area contributed by atoms with E-state index in [0.29, 0.717) is 6.54 Å². The van der Waals surface area contributed by atoms with Crippen LogP contribution in [0, 0.1) is 0 Å². The third-order valence-corrected chi connectivity index (χ3v) is 3.00. The number of oxazole rings is 1. The van der Waals surface area contributed by atoms with Gasteiger partial charge in [0, 0.05) is 6.54 Å². The average Bonchev–Trinajstić information content (AvgIpc) is 3.04. The van der Waals surface area contributed by atoms with Gasteiger partial charge in [-0.1, -0.05) is 13.8 Å². The lowest BCUT2D eigenvalue weighted by Crippen LogP contribution is -2.13. The Labute approximate surface area is 114 Å². The highest BCUT2D eigenvalue weighted by atomic mass is 16.4. The van der Waals surface area contributed by atoms with Crippen LogP contribution in [-0.4, -0.2) is 21.3 Å². The van der Waals surface area contributed by atoms with Gasteiger partial charge in [-0.2, -0.15) is 5.10 Å². The molecule has 2 aromatic rings. The standard InChI is InChI=1S/C14H22N4O/c1-4-7-15-10-14-16-9-13(19-14)12-8-11(5-2)17-18(12)6-3/h8-9,15H,4-7,10H2,1-3H3. The Morgan fingerprint density at radius 1 is 1.32 bits per heavy atom. The molecule has 2 rings (SSSR count). The second-order valence-electron chi connectivity index (χ2n) is 4.49. The fourth-order valence-electron chi connectivity index (χ4n) is 1.96. The average molecular weight is 262 g/mol. The van der Waals surface area contributed by atoms with Crippen molar-refractivity contribution < 1.29 is 4.42 Å². The molecular formula is C14H22N4O. The Morgan fingerprint density at radius 2 is 2.16 bits per heavy atom. The zero-order valence-corrected chi connectivity index (χ0v) is 11.9. The van der Waals surface area contributed by atoms with Gasteiger partial charge in [0.2, 0.25) is 5.89 Å². The maximum Gasteiger partial charge on any atom is 0.208 e. The number of aromatic nitrogens is 3. The molecule has 0 bridgehead atoms. The summed E-state index contributed by atoms with van der Waals surface area (Å²) in [6, 6.07) is 2.08. The van der Waals surface area contributed by atoms with E-state index < -0.39 is 0 Å². The molecule has 1 N–H and O–H groups in total. The van der Waals surface area contributed by atoms with E-state index in [2.05, 4.69) is 42.2 Å². The summed E-state index contributed by atoms with van der Waals surface area (Å²) in [6.07, 6.45) is 3.82. The van der Waals surface area contributed by atoms with Crippen LogP contribution >= 0.6 is 0 Å². The van der Waals surface area contributed by atoms with Crippen LogP contribution in [0.1, 0.15) is 38.8 Å². The maximum absolute atomic E-state index is 5.78. The van der Waals surface area contributed by atoms with Gasteiger partial charge >= 0.3 is 0 Å². The van der Waals surface area contributed by atoms with Crippen molar-refractivity contribution in [3.05, 3.63) is 23.8 Å². The van der Waals surface area contributed by atoms with Crippen LogP contribution in [0.25, 0.3) is 11.5 Å². The van der Waals surface area contributed by atoms with Crippen molar-refractivity contribution >= 4 is 0 Å². The van der Waals surface area contributed by atoms with Crippen LogP contribution in [0.4, 0.5) is 0 Å². The van der Waals surface area contributed by atoms with Gasteiger partial charge in [-0.25, -0.2) is 4.98 Å². The Hall–Kier alpha value is -1.62. The molecule has 5 nitrogen and oxygen atoms in total. The molecular weight excluding hydrogens is 240 g/mol. The largest absolute Gasteiger partial charge is 0.438 e. The van der Waals surface area contributed by atoms with Crippen LogP contribution in [0.2, 0.25) is 0 Å². The van der Waals surface area contributed by atoms with Gasteiger partial charge in [-0.05, 0) is 32.4 Å². The van der Waals surface area contributed by atoms with Crippen molar-refractivity contribution in [1.82, 2.24) is 20.1 Å². The van der Waals surface area contributed by atoms with E-state index in [1.807, 2.05) is 4.68 Å². The molecule has 2 aromatic heterocycles. The molecule has 0 fully saturated rings. The van der Waals surface area contributed by atoms with Crippen LogP contribution in [0.5, 0.6) is 0 Å². The van der Waals surface area contributed by atoms with E-state index >= 15 is 0 Å². The molecule has 0 saturated carbocycles. The first kappa shape index (κ1) is 13.8. The molecule has 0 saturated heterocycles. The summed E-state index contributed by atoms with van der Waals surface area (Å²) in [7, 11) is 0. The zero-order valence-electron chi connectivity index (χ0n) is 11.9. The van der Waals surface area contributed by atoms with Gasteiger partial charge < -0.3 is 9.73 Å². The Kier molecular flexibility index (Phi) is 4.74. The van der Waals surface area contributed by atoms with Crippen LogP contribution in [0.15, 0.2) is 16.7 Å². The van der Waals surface area contributed by atoms with Gasteiger partial charge in [-0.3, -0.25) is 4.68 Å². The molecule has 0 spiro atoms. The lowest BCUT2D eigenvalue weighted by atomic mass is 10.3. The van der Waals surface area contributed by atoms with E-state index in [9.17, 15) is 0 Å². The summed E-state index contributed by atoms with van der Waals surface area (Å²) in [4.78, 5) is 4.30. The molecule has 0 radical (unpaired) electrons. The van der Waals surface area contributed by atoms with Crippen LogP contribution in [-0.2, 0) is 19.5 Å². The molecule has 0 unspecified atom stereocenters. The van der Waals surface area contributed by atoms with Gasteiger partial charge in [0.15, 0.2) is 5.76 Å². The Morgan fingerprint density at radius 3 is 2.84 bits per heavy atom. The van der Waals surface area contributed by atoms with Crippen molar-refractivity contribution in [2.75, 3.05) is 6.54 Å². The van der Waals surface area contributed by atoms with E-state index in [1.165, 1.54) is 0 Å². The molecule has 0 atom stereocenters. The summed E-state index contributed by atoms with van der Waals surface area (Å²) in [6.45, 7) is 8.81. The quantitative estimate of drug-likeness (QED) is 0.779. The highest BCUT2D eigenvalue weighted by molar-refractivity contribution is 5.52. The smallest absolute Gasteiger partial charge is 0.208 e. The van der Waals surface area contributed by atoms with Gasteiger partial charge in [0.25, 0.3) is 0 Å².